The lowest BCUT2D eigenvalue weighted by atomic mass is 10.2. The van der Waals surface area contributed by atoms with Crippen molar-refractivity contribution in [1.29, 1.82) is 5.26 Å². The van der Waals surface area contributed by atoms with E-state index in [2.05, 4.69) is 5.10 Å². The molecule has 1 heterocycles. The Labute approximate surface area is 82.3 Å². The maximum Gasteiger partial charge on any atom is 0.165 e. The van der Waals surface area contributed by atoms with Crippen LogP contribution in [0.15, 0.2) is 0 Å². The molecule has 74 valence electrons. The summed E-state index contributed by atoms with van der Waals surface area (Å²) >= 11 is 0. The molecule has 4 N–H and O–H groups in total. The van der Waals surface area contributed by atoms with Gasteiger partial charge in [-0.15, -0.1) is 0 Å². The van der Waals surface area contributed by atoms with Crippen LogP contribution in [0.4, 0.5) is 11.6 Å². The molecule has 0 radical (unpaired) electrons. The fraction of sp³-hybridized carbons (Fsp3) is 0.556. The highest BCUT2D eigenvalue weighted by Gasteiger charge is 2.22. The van der Waals surface area contributed by atoms with Gasteiger partial charge in [0.1, 0.15) is 17.5 Å². The van der Waals surface area contributed by atoms with Gasteiger partial charge in [0.25, 0.3) is 0 Å². The minimum Gasteiger partial charge on any atom is -0.383 e. The summed E-state index contributed by atoms with van der Waals surface area (Å²) < 4.78 is 1.71. The maximum atomic E-state index is 8.79. The normalized spacial score (nSPS) is 17.1. The quantitative estimate of drug-likeness (QED) is 0.693. The Morgan fingerprint density at radius 3 is 2.50 bits per heavy atom. The molecule has 0 saturated heterocycles. The molecule has 14 heavy (non-hydrogen) atoms. The van der Waals surface area contributed by atoms with E-state index >= 15 is 0 Å². The number of nitrogens with two attached hydrogens (primary N) is 2. The number of rotatable bonds is 1. The first-order valence-electron chi connectivity index (χ1n) is 4.77. The number of hydrogen-bond acceptors (Lipinski definition) is 4. The van der Waals surface area contributed by atoms with E-state index in [-0.39, 0.29) is 5.82 Å². The number of nitrogen functional groups attached to an aromatic ring is 2. The van der Waals surface area contributed by atoms with Crippen LogP contribution in [-0.4, -0.2) is 9.78 Å². The molecule has 0 aromatic carbocycles. The van der Waals surface area contributed by atoms with Crippen LogP contribution in [0.3, 0.4) is 0 Å². The third-order valence-electron chi connectivity index (χ3n) is 2.76. The average Bonchev–Trinajstić information content (AvgIpc) is 2.74. The summed E-state index contributed by atoms with van der Waals surface area (Å²) in [4.78, 5) is 0. The lowest BCUT2D eigenvalue weighted by molar-refractivity contribution is 0.475. The first kappa shape index (κ1) is 8.88. The van der Waals surface area contributed by atoms with Crippen LogP contribution < -0.4 is 11.5 Å². The van der Waals surface area contributed by atoms with Gasteiger partial charge in [-0.2, -0.15) is 10.4 Å². The summed E-state index contributed by atoms with van der Waals surface area (Å²) in [6.07, 6.45) is 4.56. The monoisotopic (exact) mass is 191 g/mol. The van der Waals surface area contributed by atoms with Gasteiger partial charge in [-0.25, -0.2) is 4.68 Å². The van der Waals surface area contributed by atoms with E-state index in [1.807, 2.05) is 6.07 Å². The molecule has 0 bridgehead atoms. The van der Waals surface area contributed by atoms with Gasteiger partial charge in [-0.05, 0) is 12.8 Å². The second-order valence-electron chi connectivity index (χ2n) is 3.64. The Kier molecular flexibility index (Phi) is 2.04. The summed E-state index contributed by atoms with van der Waals surface area (Å²) in [5.74, 6) is 0.661. The van der Waals surface area contributed by atoms with Crippen molar-refractivity contribution >= 4 is 11.6 Å². The predicted octanol–water partition coefficient (Wildman–Crippen LogP) is 1.03. The van der Waals surface area contributed by atoms with Crippen LogP contribution in [0, 0.1) is 11.3 Å². The lowest BCUT2D eigenvalue weighted by Gasteiger charge is -2.10. The van der Waals surface area contributed by atoms with Crippen LogP contribution in [0.25, 0.3) is 0 Å². The molecule has 2 rings (SSSR count). The van der Waals surface area contributed by atoms with Crippen molar-refractivity contribution in [2.24, 2.45) is 0 Å². The Morgan fingerprint density at radius 1 is 1.36 bits per heavy atom. The number of anilines is 2. The van der Waals surface area contributed by atoms with E-state index in [9.17, 15) is 0 Å². The molecule has 0 atom stereocenters. The molecule has 1 fully saturated rings. The summed E-state index contributed by atoms with van der Waals surface area (Å²) in [5, 5.41) is 12.9. The molecule has 0 amide bonds. The highest BCUT2D eigenvalue weighted by molar-refractivity contribution is 5.61. The van der Waals surface area contributed by atoms with Crippen molar-refractivity contribution < 1.29 is 0 Å². The Bertz CT molecular complexity index is 381. The fourth-order valence-corrected chi connectivity index (χ4v) is 2.01. The van der Waals surface area contributed by atoms with Crippen molar-refractivity contribution in [2.75, 3.05) is 11.5 Å². The number of aromatic nitrogens is 2. The van der Waals surface area contributed by atoms with Crippen LogP contribution >= 0.6 is 0 Å². The lowest BCUT2D eigenvalue weighted by Crippen LogP contribution is -2.10. The molecular formula is C9H13N5. The summed E-state index contributed by atoms with van der Waals surface area (Å²) in [5.41, 5.74) is 11.7. The molecule has 5 nitrogen and oxygen atoms in total. The topological polar surface area (TPSA) is 93.6 Å². The zero-order valence-corrected chi connectivity index (χ0v) is 7.90. The van der Waals surface area contributed by atoms with Crippen LogP contribution in [0.2, 0.25) is 0 Å². The minimum atomic E-state index is 0.247. The predicted molar refractivity (Wildman–Crippen MR) is 53.3 cm³/mol. The van der Waals surface area contributed by atoms with Gasteiger partial charge in [0.2, 0.25) is 0 Å². The van der Waals surface area contributed by atoms with E-state index in [1.54, 1.807) is 4.68 Å². The van der Waals surface area contributed by atoms with Crippen molar-refractivity contribution in [1.82, 2.24) is 9.78 Å². The third-order valence-corrected chi connectivity index (χ3v) is 2.76. The minimum absolute atomic E-state index is 0.247. The zero-order chi connectivity index (χ0) is 10.1. The van der Waals surface area contributed by atoms with Crippen LogP contribution in [0.1, 0.15) is 37.3 Å². The van der Waals surface area contributed by atoms with E-state index in [4.69, 9.17) is 16.7 Å². The summed E-state index contributed by atoms with van der Waals surface area (Å²) in [6, 6.07) is 2.31. The third kappa shape index (κ3) is 1.20. The van der Waals surface area contributed by atoms with Crippen molar-refractivity contribution in [3.8, 4) is 6.07 Å². The second-order valence-corrected chi connectivity index (χ2v) is 3.64. The highest BCUT2D eigenvalue weighted by atomic mass is 15.3. The first-order valence-corrected chi connectivity index (χ1v) is 4.77. The van der Waals surface area contributed by atoms with E-state index in [1.165, 1.54) is 12.8 Å². The van der Waals surface area contributed by atoms with Crippen molar-refractivity contribution in [3.63, 3.8) is 0 Å². The molecule has 0 aliphatic heterocycles. The van der Waals surface area contributed by atoms with Gasteiger partial charge in [-0.3, -0.25) is 0 Å². The molecule has 1 aliphatic carbocycles. The Hall–Kier alpha value is -1.70. The number of hydrogen-bond donors (Lipinski definition) is 2. The zero-order valence-electron chi connectivity index (χ0n) is 7.90. The first-order chi connectivity index (χ1) is 6.74. The van der Waals surface area contributed by atoms with Gasteiger partial charge in [0.05, 0.1) is 6.04 Å². The SMILES string of the molecule is N#Cc1c(N)nn(C2CCCC2)c1N. The molecule has 0 spiro atoms. The van der Waals surface area contributed by atoms with Gasteiger partial charge >= 0.3 is 0 Å². The summed E-state index contributed by atoms with van der Waals surface area (Å²) in [6.45, 7) is 0. The Morgan fingerprint density at radius 2 is 2.00 bits per heavy atom. The van der Waals surface area contributed by atoms with Gasteiger partial charge < -0.3 is 11.5 Å². The molecule has 1 aromatic rings. The molecule has 1 aliphatic rings. The smallest absolute Gasteiger partial charge is 0.165 e. The van der Waals surface area contributed by atoms with Crippen molar-refractivity contribution in [3.05, 3.63) is 5.56 Å². The van der Waals surface area contributed by atoms with Crippen LogP contribution in [-0.2, 0) is 0 Å². The number of nitrogens with zero attached hydrogens (tertiary/aromatic N) is 3. The molecular weight excluding hydrogens is 178 g/mol. The van der Waals surface area contributed by atoms with E-state index in [0.717, 1.165) is 12.8 Å². The Balaban J connectivity index is 2.39. The molecule has 5 heteroatoms. The van der Waals surface area contributed by atoms with Gasteiger partial charge in [-0.1, -0.05) is 12.8 Å². The second kappa shape index (κ2) is 3.22. The summed E-state index contributed by atoms with van der Waals surface area (Å²) in [7, 11) is 0. The fourth-order valence-electron chi connectivity index (χ4n) is 2.01. The van der Waals surface area contributed by atoms with Crippen LogP contribution in [0.5, 0.6) is 0 Å². The molecule has 0 unspecified atom stereocenters. The van der Waals surface area contributed by atoms with Gasteiger partial charge in [0.15, 0.2) is 5.82 Å². The van der Waals surface area contributed by atoms with E-state index in [0.29, 0.717) is 17.4 Å². The van der Waals surface area contributed by atoms with Gasteiger partial charge in [0, 0.05) is 0 Å². The highest BCUT2D eigenvalue weighted by Crippen LogP contribution is 2.32. The standard InChI is InChI=1S/C9H13N5/c10-5-7-8(11)13-14(9(7)12)6-3-1-2-4-6/h6H,1-4,12H2,(H2,11,13). The van der Waals surface area contributed by atoms with E-state index < -0.39 is 0 Å². The maximum absolute atomic E-state index is 8.79. The number of nitriles is 1. The average molecular weight is 191 g/mol. The van der Waals surface area contributed by atoms with Crippen molar-refractivity contribution in [2.45, 2.75) is 31.7 Å². The molecule has 1 aromatic heterocycles. The molecule has 1 saturated carbocycles. The largest absolute Gasteiger partial charge is 0.383 e.